The summed E-state index contributed by atoms with van der Waals surface area (Å²) >= 11 is 1.61. The molecular weight excluding hydrogens is 502 g/mol. The fourth-order valence-corrected chi connectivity index (χ4v) is 4.64. The van der Waals surface area contributed by atoms with Gasteiger partial charge in [0, 0.05) is 23.7 Å². The van der Waals surface area contributed by atoms with Crippen molar-refractivity contribution in [1.82, 2.24) is 9.80 Å². The number of hydrogen-bond acceptors (Lipinski definition) is 6. The van der Waals surface area contributed by atoms with E-state index in [2.05, 4.69) is 12.2 Å². The van der Waals surface area contributed by atoms with E-state index in [0.29, 0.717) is 49.0 Å². The zero-order valence-electron chi connectivity index (χ0n) is 22.6. The molecule has 0 bridgehead atoms. The summed E-state index contributed by atoms with van der Waals surface area (Å²) in [6.07, 6.45) is 2.36. The number of anilines is 1. The molecule has 1 N–H and O–H groups in total. The third-order valence-electron chi connectivity index (χ3n) is 6.13. The lowest BCUT2D eigenvalue weighted by atomic mass is 10.1. The number of carbonyl (C=O) groups is 2. The number of carbonyl (C=O) groups excluding carboxylic acids is 2. The predicted molar refractivity (Wildman–Crippen MR) is 151 cm³/mol. The molecule has 0 aliphatic heterocycles. The minimum absolute atomic E-state index is 0.000698. The van der Waals surface area contributed by atoms with E-state index in [1.165, 1.54) is 0 Å². The van der Waals surface area contributed by atoms with Gasteiger partial charge in [0.25, 0.3) is 0 Å². The van der Waals surface area contributed by atoms with E-state index < -0.39 is 0 Å². The Morgan fingerprint density at radius 3 is 2.29 bits per heavy atom. The normalized spacial score (nSPS) is 10.5. The molecule has 3 amide bonds. The molecule has 1 heterocycles. The lowest BCUT2D eigenvalue weighted by Crippen LogP contribution is -2.45. The molecule has 0 spiro atoms. The number of methoxy groups -OCH3 is 3. The van der Waals surface area contributed by atoms with Crippen LogP contribution in [-0.2, 0) is 17.8 Å². The number of ether oxygens (including phenoxy) is 3. The van der Waals surface area contributed by atoms with Gasteiger partial charge in [0.15, 0.2) is 11.5 Å². The van der Waals surface area contributed by atoms with Crippen molar-refractivity contribution < 1.29 is 23.8 Å². The maximum absolute atomic E-state index is 13.6. The van der Waals surface area contributed by atoms with Crippen LogP contribution in [0.15, 0.2) is 60.0 Å². The van der Waals surface area contributed by atoms with Crippen molar-refractivity contribution in [1.29, 1.82) is 0 Å². The van der Waals surface area contributed by atoms with Crippen LogP contribution < -0.4 is 19.5 Å². The molecule has 8 nitrogen and oxygen atoms in total. The number of thiophene rings is 1. The van der Waals surface area contributed by atoms with E-state index >= 15 is 0 Å². The summed E-state index contributed by atoms with van der Waals surface area (Å²) in [4.78, 5) is 31.2. The number of unbranched alkanes of at least 4 members (excludes halogenated alkanes) is 1. The molecule has 38 heavy (non-hydrogen) atoms. The average Bonchev–Trinajstić information content (AvgIpc) is 3.46. The van der Waals surface area contributed by atoms with Gasteiger partial charge in [-0.1, -0.05) is 25.5 Å². The fraction of sp³-hybridized carbons (Fsp3) is 0.379. The molecule has 2 aromatic carbocycles. The summed E-state index contributed by atoms with van der Waals surface area (Å²) in [7, 11) is 4.81. The molecule has 3 aromatic rings. The standard InChI is InChI=1S/C29H37N3O5S/c1-5-6-16-32(29(34)30-23-10-12-24(35-2)13-11-23)21-28(33)31(20-25-8-7-18-38-25)17-15-22-9-14-26(36-3)27(19-22)37-4/h7-14,18-19H,5-6,15-17,20-21H2,1-4H3,(H,30,34). The molecule has 0 atom stereocenters. The van der Waals surface area contributed by atoms with Crippen LogP contribution in [0.1, 0.15) is 30.2 Å². The Labute approximate surface area is 229 Å². The quantitative estimate of drug-likeness (QED) is 0.285. The first-order valence-corrected chi connectivity index (χ1v) is 13.6. The van der Waals surface area contributed by atoms with Gasteiger partial charge in [-0.05, 0) is 66.2 Å². The van der Waals surface area contributed by atoms with Crippen molar-refractivity contribution in [3.63, 3.8) is 0 Å². The number of nitrogens with one attached hydrogen (secondary N) is 1. The molecule has 0 saturated heterocycles. The first kappa shape index (κ1) is 28.8. The molecule has 1 aromatic heterocycles. The van der Waals surface area contributed by atoms with Crippen molar-refractivity contribution >= 4 is 29.0 Å². The van der Waals surface area contributed by atoms with E-state index in [0.717, 1.165) is 23.3 Å². The number of nitrogens with zero attached hydrogens (tertiary/aromatic N) is 2. The minimum Gasteiger partial charge on any atom is -0.497 e. The van der Waals surface area contributed by atoms with Crippen molar-refractivity contribution in [2.75, 3.05) is 46.3 Å². The average molecular weight is 540 g/mol. The first-order chi connectivity index (χ1) is 18.5. The molecule has 0 unspecified atom stereocenters. The van der Waals surface area contributed by atoms with Gasteiger partial charge in [0.2, 0.25) is 5.91 Å². The van der Waals surface area contributed by atoms with Crippen molar-refractivity contribution in [2.24, 2.45) is 0 Å². The second-order valence-corrected chi connectivity index (χ2v) is 9.80. The number of amides is 3. The van der Waals surface area contributed by atoms with Crippen LogP contribution in [0.3, 0.4) is 0 Å². The highest BCUT2D eigenvalue weighted by Crippen LogP contribution is 2.28. The molecule has 0 saturated carbocycles. The largest absolute Gasteiger partial charge is 0.497 e. The van der Waals surface area contributed by atoms with Crippen LogP contribution >= 0.6 is 11.3 Å². The second kappa shape index (κ2) is 14.9. The number of urea groups is 1. The Balaban J connectivity index is 1.72. The van der Waals surface area contributed by atoms with E-state index in [1.807, 2.05) is 40.6 Å². The Bertz CT molecular complexity index is 1150. The maximum atomic E-state index is 13.6. The van der Waals surface area contributed by atoms with Crippen LogP contribution in [0.4, 0.5) is 10.5 Å². The Hall–Kier alpha value is -3.72. The topological polar surface area (TPSA) is 80.3 Å². The van der Waals surface area contributed by atoms with Gasteiger partial charge in [0.05, 0.1) is 27.9 Å². The van der Waals surface area contributed by atoms with Crippen LogP contribution in [0.25, 0.3) is 0 Å². The second-order valence-electron chi connectivity index (χ2n) is 8.77. The SMILES string of the molecule is CCCCN(CC(=O)N(CCc1ccc(OC)c(OC)c1)Cc1cccs1)C(=O)Nc1ccc(OC)cc1. The van der Waals surface area contributed by atoms with Crippen LogP contribution in [0.2, 0.25) is 0 Å². The molecule has 204 valence electrons. The molecule has 9 heteroatoms. The van der Waals surface area contributed by atoms with Crippen LogP contribution in [0, 0.1) is 0 Å². The summed E-state index contributed by atoms with van der Waals surface area (Å²) in [6.45, 7) is 3.55. The number of benzene rings is 2. The Morgan fingerprint density at radius 2 is 1.66 bits per heavy atom. The molecule has 0 aliphatic carbocycles. The summed E-state index contributed by atoms with van der Waals surface area (Å²) < 4.78 is 16.0. The van der Waals surface area contributed by atoms with Gasteiger partial charge in [-0.25, -0.2) is 4.79 Å². The van der Waals surface area contributed by atoms with Crippen molar-refractivity contribution in [3.05, 3.63) is 70.4 Å². The highest BCUT2D eigenvalue weighted by molar-refractivity contribution is 7.09. The Kier molecular flexibility index (Phi) is 11.3. The predicted octanol–water partition coefficient (Wildman–Crippen LogP) is 5.68. The summed E-state index contributed by atoms with van der Waals surface area (Å²) in [6, 6.07) is 16.6. The van der Waals surface area contributed by atoms with Crippen molar-refractivity contribution in [3.8, 4) is 17.2 Å². The minimum atomic E-state index is -0.298. The lowest BCUT2D eigenvalue weighted by Gasteiger charge is -2.28. The van der Waals surface area contributed by atoms with Gasteiger partial charge >= 0.3 is 6.03 Å². The van der Waals surface area contributed by atoms with Gasteiger partial charge in [-0.15, -0.1) is 11.3 Å². The first-order valence-electron chi connectivity index (χ1n) is 12.7. The number of hydrogen-bond donors (Lipinski definition) is 1. The monoisotopic (exact) mass is 539 g/mol. The third-order valence-corrected chi connectivity index (χ3v) is 7.00. The van der Waals surface area contributed by atoms with Gasteiger partial charge in [-0.2, -0.15) is 0 Å². The van der Waals surface area contributed by atoms with E-state index in [4.69, 9.17) is 14.2 Å². The third kappa shape index (κ3) is 8.41. The molecule has 3 rings (SSSR count). The molecular formula is C29H37N3O5S. The molecule has 0 fully saturated rings. The van der Waals surface area contributed by atoms with E-state index in [9.17, 15) is 9.59 Å². The van der Waals surface area contributed by atoms with Gasteiger partial charge in [0.1, 0.15) is 12.3 Å². The Morgan fingerprint density at radius 1 is 0.895 bits per heavy atom. The molecule has 0 radical (unpaired) electrons. The van der Waals surface area contributed by atoms with Gasteiger partial charge in [-0.3, -0.25) is 4.79 Å². The smallest absolute Gasteiger partial charge is 0.322 e. The summed E-state index contributed by atoms with van der Waals surface area (Å²) in [5, 5.41) is 4.91. The van der Waals surface area contributed by atoms with E-state index in [1.54, 1.807) is 61.8 Å². The molecule has 0 aliphatic rings. The highest BCUT2D eigenvalue weighted by Gasteiger charge is 2.22. The fourth-order valence-electron chi connectivity index (χ4n) is 3.92. The zero-order valence-corrected chi connectivity index (χ0v) is 23.4. The van der Waals surface area contributed by atoms with E-state index in [-0.39, 0.29) is 18.5 Å². The zero-order chi connectivity index (χ0) is 27.3. The summed E-state index contributed by atoms with van der Waals surface area (Å²) in [5.41, 5.74) is 1.68. The van der Waals surface area contributed by atoms with Crippen LogP contribution in [0.5, 0.6) is 17.2 Å². The lowest BCUT2D eigenvalue weighted by molar-refractivity contribution is -0.132. The summed E-state index contributed by atoms with van der Waals surface area (Å²) in [5.74, 6) is 1.93. The van der Waals surface area contributed by atoms with Crippen LogP contribution in [-0.4, -0.2) is 62.7 Å². The highest BCUT2D eigenvalue weighted by atomic mass is 32.1. The van der Waals surface area contributed by atoms with Gasteiger partial charge < -0.3 is 29.3 Å². The van der Waals surface area contributed by atoms with Crippen molar-refractivity contribution in [2.45, 2.75) is 32.7 Å². The number of rotatable bonds is 14. The maximum Gasteiger partial charge on any atom is 0.322 e.